The number of carbonyl (C=O) groups is 3. The van der Waals surface area contributed by atoms with E-state index in [2.05, 4.69) is 5.32 Å². The van der Waals surface area contributed by atoms with Crippen LogP contribution in [0.1, 0.15) is 86.9 Å². The van der Waals surface area contributed by atoms with Crippen LogP contribution in [-0.4, -0.2) is 51.8 Å². The lowest BCUT2D eigenvalue weighted by molar-refractivity contribution is -0.143. The first-order chi connectivity index (χ1) is 16.9. The van der Waals surface area contributed by atoms with Crippen LogP contribution in [0.5, 0.6) is 0 Å². The van der Waals surface area contributed by atoms with Crippen molar-refractivity contribution in [2.45, 2.75) is 89.3 Å². The number of carboxylic acids is 1. The summed E-state index contributed by atoms with van der Waals surface area (Å²) in [7, 11) is 1.38. The van der Waals surface area contributed by atoms with E-state index in [-0.39, 0.29) is 24.0 Å². The molecule has 3 atom stereocenters. The largest absolute Gasteiger partial charge is 0.481 e. The lowest BCUT2D eigenvalue weighted by Gasteiger charge is -2.34. The van der Waals surface area contributed by atoms with E-state index in [1.54, 1.807) is 4.90 Å². The number of methoxy groups -OCH3 is 1. The van der Waals surface area contributed by atoms with Gasteiger partial charge in [0.1, 0.15) is 0 Å². The summed E-state index contributed by atoms with van der Waals surface area (Å²) < 4.78 is 7.02. The van der Waals surface area contributed by atoms with E-state index < -0.39 is 18.0 Å². The molecule has 2 amide bonds. The molecule has 35 heavy (non-hydrogen) atoms. The van der Waals surface area contributed by atoms with Crippen LogP contribution >= 0.6 is 0 Å². The van der Waals surface area contributed by atoms with Crippen LogP contribution in [-0.2, 0) is 16.0 Å². The van der Waals surface area contributed by atoms with Crippen molar-refractivity contribution in [2.75, 3.05) is 12.0 Å². The summed E-state index contributed by atoms with van der Waals surface area (Å²) in [6, 6.07) is 3.87. The van der Waals surface area contributed by atoms with Gasteiger partial charge in [0, 0.05) is 23.7 Å². The molecule has 3 aliphatic rings. The van der Waals surface area contributed by atoms with Crippen LogP contribution in [0.25, 0.3) is 11.0 Å². The highest BCUT2D eigenvalue weighted by atomic mass is 16.5. The van der Waals surface area contributed by atoms with Gasteiger partial charge in [-0.1, -0.05) is 19.3 Å². The molecular formula is C26H34N4O5. The molecule has 2 heterocycles. The number of hydrogen-bond donors (Lipinski definition) is 2. The first-order valence-electron chi connectivity index (χ1n) is 12.8. The van der Waals surface area contributed by atoms with Crippen molar-refractivity contribution in [1.82, 2.24) is 14.9 Å². The van der Waals surface area contributed by atoms with Crippen molar-refractivity contribution in [3.8, 4) is 0 Å². The second-order valence-corrected chi connectivity index (χ2v) is 10.3. The van der Waals surface area contributed by atoms with Gasteiger partial charge in [0.2, 0.25) is 0 Å². The summed E-state index contributed by atoms with van der Waals surface area (Å²) in [4.78, 5) is 44.4. The van der Waals surface area contributed by atoms with Gasteiger partial charge in [-0.15, -0.1) is 0 Å². The molecule has 0 radical (unpaired) electrons. The number of benzene rings is 1. The molecular weight excluding hydrogens is 448 g/mol. The van der Waals surface area contributed by atoms with Gasteiger partial charge >= 0.3 is 12.1 Å². The van der Waals surface area contributed by atoms with E-state index in [4.69, 9.17) is 9.72 Å². The lowest BCUT2D eigenvalue weighted by Crippen LogP contribution is -2.42. The molecule has 0 saturated heterocycles. The summed E-state index contributed by atoms with van der Waals surface area (Å²) in [6.45, 7) is 2.00. The third-order valence-electron chi connectivity index (χ3n) is 8.08. The van der Waals surface area contributed by atoms with Crippen molar-refractivity contribution in [3.05, 3.63) is 23.5 Å². The van der Waals surface area contributed by atoms with Crippen molar-refractivity contribution in [2.24, 2.45) is 5.92 Å². The molecule has 1 aliphatic heterocycles. The topological polar surface area (TPSA) is 114 Å². The number of ether oxygens (including phenoxy) is 1. The van der Waals surface area contributed by atoms with E-state index in [9.17, 15) is 19.5 Å². The Morgan fingerprint density at radius 2 is 1.86 bits per heavy atom. The van der Waals surface area contributed by atoms with Crippen molar-refractivity contribution in [3.63, 3.8) is 0 Å². The van der Waals surface area contributed by atoms with Gasteiger partial charge in [0.15, 0.2) is 5.82 Å². The maximum Gasteiger partial charge on any atom is 0.414 e. The minimum absolute atomic E-state index is 0.00529. The van der Waals surface area contributed by atoms with Crippen LogP contribution in [0.15, 0.2) is 12.1 Å². The van der Waals surface area contributed by atoms with Crippen molar-refractivity contribution < 1.29 is 24.2 Å². The number of imidazole rings is 1. The lowest BCUT2D eigenvalue weighted by atomic mass is 9.85. The van der Waals surface area contributed by atoms with Gasteiger partial charge in [-0.25, -0.2) is 9.78 Å². The molecule has 2 fully saturated rings. The highest BCUT2D eigenvalue weighted by Gasteiger charge is 2.35. The summed E-state index contributed by atoms with van der Waals surface area (Å²) in [5, 5.41) is 12.8. The van der Waals surface area contributed by atoms with Crippen LogP contribution in [0.3, 0.4) is 0 Å². The van der Waals surface area contributed by atoms with Gasteiger partial charge in [-0.2, -0.15) is 0 Å². The summed E-state index contributed by atoms with van der Waals surface area (Å²) >= 11 is 0. The quantitative estimate of drug-likeness (QED) is 0.666. The Bertz CT molecular complexity index is 1150. The Morgan fingerprint density at radius 3 is 2.57 bits per heavy atom. The molecule has 0 unspecified atom stereocenters. The van der Waals surface area contributed by atoms with Gasteiger partial charge in [-0.3, -0.25) is 14.5 Å². The molecule has 0 bridgehead atoms. The highest BCUT2D eigenvalue weighted by molar-refractivity contribution is 5.99. The zero-order chi connectivity index (χ0) is 24.7. The fraction of sp³-hybridized carbons (Fsp3) is 0.615. The maximum absolute atomic E-state index is 13.5. The zero-order valence-electron chi connectivity index (χ0n) is 20.5. The number of anilines is 1. The van der Waals surface area contributed by atoms with E-state index in [1.165, 1.54) is 7.11 Å². The maximum atomic E-state index is 13.5. The third-order valence-corrected chi connectivity index (χ3v) is 8.08. The minimum atomic E-state index is -0.781. The number of carbonyl (C=O) groups excluding carboxylic acids is 2. The van der Waals surface area contributed by atoms with Gasteiger partial charge in [-0.05, 0) is 64.0 Å². The Kier molecular flexibility index (Phi) is 6.42. The number of nitrogens with one attached hydrogen (secondary N) is 1. The number of aryl methyl sites for hydroxylation is 1. The fourth-order valence-corrected chi connectivity index (χ4v) is 6.25. The normalized spacial score (nSPS) is 24.9. The van der Waals surface area contributed by atoms with Crippen LogP contribution in [0.2, 0.25) is 0 Å². The predicted molar refractivity (Wildman–Crippen MR) is 131 cm³/mol. The van der Waals surface area contributed by atoms with E-state index in [0.29, 0.717) is 18.7 Å². The van der Waals surface area contributed by atoms with Gasteiger partial charge in [0.05, 0.1) is 29.7 Å². The first kappa shape index (κ1) is 23.6. The second kappa shape index (κ2) is 9.51. The van der Waals surface area contributed by atoms with Gasteiger partial charge in [0.25, 0.3) is 5.91 Å². The van der Waals surface area contributed by atoms with Crippen LogP contribution < -0.4 is 10.2 Å². The SMILES string of the molecule is COC(=O)N1c2ccc3c(nc(C(=O)NC4CCCC4)n3[C@@H]3CCC[C@@H](C(=O)O)C3)c2CC[C@@H]1C. The third kappa shape index (κ3) is 4.25. The molecule has 9 heteroatoms. The minimum Gasteiger partial charge on any atom is -0.481 e. The number of fused-ring (bicyclic) bond motifs is 3. The number of amides is 2. The predicted octanol–water partition coefficient (Wildman–Crippen LogP) is 4.43. The molecule has 9 nitrogen and oxygen atoms in total. The van der Waals surface area contributed by atoms with Crippen molar-refractivity contribution in [1.29, 1.82) is 0 Å². The average molecular weight is 483 g/mol. The van der Waals surface area contributed by atoms with Gasteiger partial charge < -0.3 is 19.7 Å². The first-order valence-corrected chi connectivity index (χ1v) is 12.8. The molecule has 1 aromatic heterocycles. The van der Waals surface area contributed by atoms with Crippen LogP contribution in [0, 0.1) is 5.92 Å². The molecule has 2 aliphatic carbocycles. The van der Waals surface area contributed by atoms with E-state index >= 15 is 0 Å². The Labute approximate surface area is 204 Å². The summed E-state index contributed by atoms with van der Waals surface area (Å²) in [5.41, 5.74) is 3.25. The molecule has 188 valence electrons. The number of hydrogen-bond acceptors (Lipinski definition) is 5. The average Bonchev–Trinajstić information content (AvgIpc) is 3.51. The standard InChI is InChI=1S/C26H34N4O5/c1-15-10-11-19-20(29(15)26(34)35-2)12-13-21-22(19)28-23(24(31)27-17-7-3-4-8-17)30(21)18-9-5-6-16(14-18)25(32)33/h12-13,15-18H,3-11,14H2,1-2H3,(H,27,31)(H,32,33)/t15-,16+,18+/m0/s1. The smallest absolute Gasteiger partial charge is 0.414 e. The van der Waals surface area contributed by atoms with Crippen LogP contribution in [0.4, 0.5) is 10.5 Å². The summed E-state index contributed by atoms with van der Waals surface area (Å²) in [6.07, 6.45) is 8.00. The molecule has 2 N–H and O–H groups in total. The Balaban J connectivity index is 1.62. The number of nitrogens with zero attached hydrogens (tertiary/aromatic N) is 3. The summed E-state index contributed by atoms with van der Waals surface area (Å²) in [5.74, 6) is -1.06. The van der Waals surface area contributed by atoms with E-state index in [1.807, 2.05) is 23.6 Å². The monoisotopic (exact) mass is 482 g/mol. The highest BCUT2D eigenvalue weighted by Crippen LogP contribution is 2.40. The number of aromatic nitrogens is 2. The fourth-order valence-electron chi connectivity index (χ4n) is 6.25. The van der Waals surface area contributed by atoms with Crippen molar-refractivity contribution >= 4 is 34.7 Å². The second-order valence-electron chi connectivity index (χ2n) is 10.3. The zero-order valence-corrected chi connectivity index (χ0v) is 20.5. The Hall–Kier alpha value is -3.10. The Morgan fingerprint density at radius 1 is 1.09 bits per heavy atom. The molecule has 2 aromatic rings. The molecule has 0 spiro atoms. The molecule has 5 rings (SSSR count). The molecule has 1 aromatic carbocycles. The molecule has 2 saturated carbocycles. The van der Waals surface area contributed by atoms with E-state index in [0.717, 1.165) is 73.7 Å². The number of rotatable bonds is 4. The number of aliphatic carboxylic acids is 1. The number of carboxylic acid groups (broad SMARTS) is 1.